The summed E-state index contributed by atoms with van der Waals surface area (Å²) in [7, 11) is 0.725. The molecule has 1 rings (SSSR count). The predicted octanol–water partition coefficient (Wildman–Crippen LogP) is 1.03. The second kappa shape index (κ2) is 8.97. The first-order valence-corrected chi connectivity index (χ1v) is 8.21. The van der Waals surface area contributed by atoms with Gasteiger partial charge in [-0.1, -0.05) is 13.3 Å². The highest BCUT2D eigenvalue weighted by Gasteiger charge is 2.37. The third kappa shape index (κ3) is 6.23. The van der Waals surface area contributed by atoms with Crippen molar-refractivity contribution in [1.82, 2.24) is 0 Å². The second-order valence-corrected chi connectivity index (χ2v) is 7.01. The summed E-state index contributed by atoms with van der Waals surface area (Å²) in [6, 6.07) is 0.791. The molecule has 0 radical (unpaired) electrons. The molecule has 0 saturated carbocycles. The van der Waals surface area contributed by atoms with Gasteiger partial charge in [-0.05, 0) is 0 Å². The first-order chi connectivity index (χ1) is 8.76. The summed E-state index contributed by atoms with van der Waals surface area (Å²) < 4.78 is 32.0. The fraction of sp³-hybridized carbons (Fsp3) is 1.00. The zero-order valence-electron chi connectivity index (χ0n) is 11.5. The summed E-state index contributed by atoms with van der Waals surface area (Å²) in [5.41, 5.74) is 0. The van der Waals surface area contributed by atoms with Gasteiger partial charge >= 0.3 is 8.80 Å². The molecule has 1 saturated heterocycles. The molecular formula is C11H24O6Si. The van der Waals surface area contributed by atoms with Crippen LogP contribution in [0.2, 0.25) is 6.04 Å². The molecule has 0 aromatic rings. The second-order valence-electron chi connectivity index (χ2n) is 4.04. The molecule has 6 nitrogen and oxygen atoms in total. The monoisotopic (exact) mass is 280 g/mol. The van der Waals surface area contributed by atoms with E-state index in [-0.39, 0.29) is 6.79 Å². The predicted molar refractivity (Wildman–Crippen MR) is 67.3 cm³/mol. The van der Waals surface area contributed by atoms with Gasteiger partial charge in [-0.2, -0.15) is 0 Å². The summed E-state index contributed by atoms with van der Waals surface area (Å²) in [6.07, 6.45) is 1.26. The average molecular weight is 280 g/mol. The van der Waals surface area contributed by atoms with E-state index < -0.39 is 8.80 Å². The minimum atomic E-state index is -2.51. The Morgan fingerprint density at radius 1 is 1.17 bits per heavy atom. The molecule has 0 spiro atoms. The van der Waals surface area contributed by atoms with Crippen LogP contribution in [-0.2, 0) is 27.5 Å². The van der Waals surface area contributed by atoms with E-state index in [0.717, 1.165) is 19.1 Å². The molecule has 1 unspecified atom stereocenters. The van der Waals surface area contributed by atoms with Crippen LogP contribution < -0.4 is 0 Å². The zero-order valence-corrected chi connectivity index (χ0v) is 12.5. The van der Waals surface area contributed by atoms with E-state index in [0.29, 0.717) is 25.9 Å². The fourth-order valence-corrected chi connectivity index (χ4v) is 3.30. The molecule has 0 aromatic carbocycles. The largest absolute Gasteiger partial charge is 0.502 e. The van der Waals surface area contributed by atoms with Gasteiger partial charge in [-0.25, -0.2) is 0 Å². The zero-order chi connectivity index (χ0) is 13.3. The van der Waals surface area contributed by atoms with Crippen LogP contribution in [0, 0.1) is 0 Å². The number of hydrogen-bond donors (Lipinski definition) is 0. The van der Waals surface area contributed by atoms with Gasteiger partial charge in [0.2, 0.25) is 0 Å². The molecule has 0 N–H and O–H groups in total. The topological polar surface area (TPSA) is 58.7 Å². The fourth-order valence-electron chi connectivity index (χ4n) is 1.47. The van der Waals surface area contributed by atoms with Crippen molar-refractivity contribution in [1.29, 1.82) is 0 Å². The molecule has 18 heavy (non-hydrogen) atoms. The molecule has 1 aliphatic rings. The van der Waals surface area contributed by atoms with Crippen molar-refractivity contribution >= 4 is 8.80 Å². The Labute approximate surface area is 110 Å². The van der Waals surface area contributed by atoms with Crippen LogP contribution in [0.5, 0.6) is 0 Å². The highest BCUT2D eigenvalue weighted by molar-refractivity contribution is 6.60. The Kier molecular flexibility index (Phi) is 7.99. The van der Waals surface area contributed by atoms with Crippen molar-refractivity contribution < 1.29 is 27.5 Å². The highest BCUT2D eigenvalue weighted by atomic mass is 28.4. The molecule has 1 fully saturated rings. The van der Waals surface area contributed by atoms with E-state index in [4.69, 9.17) is 27.5 Å². The smallest absolute Gasteiger partial charge is 0.377 e. The van der Waals surface area contributed by atoms with Gasteiger partial charge in [0, 0.05) is 20.3 Å². The van der Waals surface area contributed by atoms with Gasteiger partial charge in [0.15, 0.2) is 0 Å². The lowest BCUT2D eigenvalue weighted by Crippen LogP contribution is -2.44. The van der Waals surface area contributed by atoms with Crippen LogP contribution in [0.3, 0.4) is 0 Å². The molecule has 0 aromatic heterocycles. The molecule has 1 atom stereocenters. The summed E-state index contributed by atoms with van der Waals surface area (Å²) in [5, 5.41) is 0. The molecule has 0 aliphatic carbocycles. The van der Waals surface area contributed by atoms with Crippen molar-refractivity contribution in [3.63, 3.8) is 0 Å². The summed E-state index contributed by atoms with van der Waals surface area (Å²) in [4.78, 5) is 0. The van der Waals surface area contributed by atoms with E-state index in [9.17, 15) is 0 Å². The van der Waals surface area contributed by atoms with Crippen LogP contribution in [0.4, 0.5) is 0 Å². The maximum atomic E-state index is 5.60. The van der Waals surface area contributed by atoms with Gasteiger partial charge in [-0.3, -0.25) is 0 Å². The minimum absolute atomic E-state index is 0.178. The van der Waals surface area contributed by atoms with Gasteiger partial charge in [-0.15, -0.1) is 0 Å². The Hall–Kier alpha value is -0.0231. The molecule has 108 valence electrons. The Bertz CT molecular complexity index is 208. The van der Waals surface area contributed by atoms with Crippen LogP contribution in [0.1, 0.15) is 13.3 Å². The van der Waals surface area contributed by atoms with Gasteiger partial charge in [0.05, 0.1) is 26.4 Å². The summed E-state index contributed by atoms with van der Waals surface area (Å²) in [6.45, 7) is 4.75. The normalized spacial score (nSPS) is 19.2. The van der Waals surface area contributed by atoms with Gasteiger partial charge in [0.25, 0.3) is 0 Å². The highest BCUT2D eigenvalue weighted by Crippen LogP contribution is 2.15. The molecule has 0 amide bonds. The van der Waals surface area contributed by atoms with Crippen LogP contribution in [0.25, 0.3) is 0 Å². The molecule has 0 bridgehead atoms. The lowest BCUT2D eigenvalue weighted by molar-refractivity contribution is -0.0512. The Morgan fingerprint density at radius 2 is 1.83 bits per heavy atom. The minimum Gasteiger partial charge on any atom is -0.377 e. The molecular weight excluding hydrogens is 256 g/mol. The van der Waals surface area contributed by atoms with Crippen LogP contribution in [-0.4, -0.2) is 62.3 Å². The average Bonchev–Trinajstić information content (AvgIpc) is 3.20. The van der Waals surface area contributed by atoms with Crippen molar-refractivity contribution in [2.24, 2.45) is 0 Å². The third-order valence-electron chi connectivity index (χ3n) is 2.62. The van der Waals surface area contributed by atoms with Crippen LogP contribution >= 0.6 is 0 Å². The first kappa shape index (κ1) is 16.0. The van der Waals surface area contributed by atoms with E-state index in [1.54, 1.807) is 14.2 Å². The van der Waals surface area contributed by atoms with E-state index in [1.165, 1.54) is 0 Å². The van der Waals surface area contributed by atoms with E-state index >= 15 is 0 Å². The van der Waals surface area contributed by atoms with Crippen molar-refractivity contribution in [3.05, 3.63) is 0 Å². The lowest BCUT2D eigenvalue weighted by Gasteiger charge is -2.25. The van der Waals surface area contributed by atoms with Gasteiger partial charge < -0.3 is 27.5 Å². The number of ether oxygens (including phenoxy) is 3. The quantitative estimate of drug-likeness (QED) is 0.230. The summed E-state index contributed by atoms with van der Waals surface area (Å²) >= 11 is 0. The van der Waals surface area contributed by atoms with E-state index in [2.05, 4.69) is 6.92 Å². The van der Waals surface area contributed by atoms with Crippen molar-refractivity contribution in [2.45, 2.75) is 25.5 Å². The van der Waals surface area contributed by atoms with E-state index in [1.807, 2.05) is 0 Å². The number of rotatable bonds is 12. The maximum Gasteiger partial charge on any atom is 0.502 e. The van der Waals surface area contributed by atoms with Crippen molar-refractivity contribution in [2.75, 3.05) is 47.4 Å². The molecule has 1 aliphatic heterocycles. The first-order valence-electron chi connectivity index (χ1n) is 6.27. The third-order valence-corrected chi connectivity index (χ3v) is 5.53. The SMILES string of the molecule is CCC[Si](OC)(OC)OCOCCOCC1CO1. The lowest BCUT2D eigenvalue weighted by atomic mass is 10.5. The molecule has 7 heteroatoms. The number of hydrogen-bond acceptors (Lipinski definition) is 6. The standard InChI is InChI=1S/C11H24O6Si/c1-4-7-18(12-2,13-3)17-10-15-6-5-14-8-11-9-16-11/h11H,4-10H2,1-3H3. The van der Waals surface area contributed by atoms with Gasteiger partial charge in [0.1, 0.15) is 12.9 Å². The van der Waals surface area contributed by atoms with Crippen LogP contribution in [0.15, 0.2) is 0 Å². The number of epoxide rings is 1. The maximum absolute atomic E-state index is 5.60. The summed E-state index contributed by atoms with van der Waals surface area (Å²) in [5.74, 6) is 0. The Balaban J connectivity index is 1.99. The van der Waals surface area contributed by atoms with Crippen molar-refractivity contribution in [3.8, 4) is 0 Å². The Morgan fingerprint density at radius 3 is 2.39 bits per heavy atom. The molecule has 1 heterocycles.